The summed E-state index contributed by atoms with van der Waals surface area (Å²) in [7, 11) is 2.19. The van der Waals surface area contributed by atoms with Crippen molar-refractivity contribution >= 4 is 12.0 Å². The maximum atomic E-state index is 12.7. The van der Waals surface area contributed by atoms with Crippen molar-refractivity contribution in [3.8, 4) is 0 Å². The average molecular weight is 369 g/mol. The van der Waals surface area contributed by atoms with Crippen LogP contribution in [0.2, 0.25) is 0 Å². The highest BCUT2D eigenvalue weighted by atomic mass is 16.6. The lowest BCUT2D eigenvalue weighted by atomic mass is 9.79. The molecule has 2 heterocycles. The standard InChI is InChI=1S/C20H37N3O3/c1-6-22(19(25)26-20(2,3)4)15-18(24)23-13-9-17(10-14-23)16-7-11-21(5)12-8-16/h16-17H,6-15H2,1-5H3/i2D. The van der Waals surface area contributed by atoms with E-state index >= 15 is 0 Å². The molecular formula is C20H37N3O3. The van der Waals surface area contributed by atoms with Crippen LogP contribution in [0.3, 0.4) is 0 Å². The Kier molecular flexibility index (Phi) is 6.79. The van der Waals surface area contributed by atoms with E-state index in [4.69, 9.17) is 6.11 Å². The molecule has 0 radical (unpaired) electrons. The van der Waals surface area contributed by atoms with Gasteiger partial charge in [0.15, 0.2) is 0 Å². The third kappa shape index (κ3) is 6.15. The number of likely N-dealkylation sites (N-methyl/N-ethyl adjacent to an activating group) is 1. The number of ether oxygens (including phenoxy) is 1. The monoisotopic (exact) mass is 368 g/mol. The van der Waals surface area contributed by atoms with E-state index < -0.39 is 11.7 Å². The molecule has 2 saturated heterocycles. The van der Waals surface area contributed by atoms with Crippen LogP contribution in [0.15, 0.2) is 0 Å². The van der Waals surface area contributed by atoms with Crippen LogP contribution in [0, 0.1) is 11.8 Å². The van der Waals surface area contributed by atoms with Crippen molar-refractivity contribution in [1.29, 1.82) is 0 Å². The summed E-state index contributed by atoms with van der Waals surface area (Å²) >= 11 is 0. The van der Waals surface area contributed by atoms with Gasteiger partial charge >= 0.3 is 6.09 Å². The van der Waals surface area contributed by atoms with Gasteiger partial charge in [-0.2, -0.15) is 0 Å². The number of likely N-dealkylation sites (tertiary alicyclic amines) is 2. The van der Waals surface area contributed by atoms with E-state index in [-0.39, 0.29) is 19.4 Å². The molecule has 0 aromatic carbocycles. The van der Waals surface area contributed by atoms with Crippen molar-refractivity contribution in [1.82, 2.24) is 14.7 Å². The van der Waals surface area contributed by atoms with E-state index in [9.17, 15) is 9.59 Å². The number of amides is 2. The summed E-state index contributed by atoms with van der Waals surface area (Å²) in [5, 5.41) is 0. The first-order valence-electron chi connectivity index (χ1n) is 10.7. The van der Waals surface area contributed by atoms with Crippen LogP contribution >= 0.6 is 0 Å². The van der Waals surface area contributed by atoms with E-state index in [0.717, 1.165) is 37.8 Å². The molecule has 2 aliphatic rings. The van der Waals surface area contributed by atoms with Gasteiger partial charge < -0.3 is 14.5 Å². The molecule has 0 unspecified atom stereocenters. The average Bonchev–Trinajstić information content (AvgIpc) is 2.66. The molecule has 150 valence electrons. The third-order valence-electron chi connectivity index (χ3n) is 5.65. The molecule has 0 N–H and O–H groups in total. The summed E-state index contributed by atoms with van der Waals surface area (Å²) in [5.41, 5.74) is -0.833. The Morgan fingerprint density at radius 3 is 2.15 bits per heavy atom. The number of hydrogen-bond donors (Lipinski definition) is 0. The molecule has 0 aromatic heterocycles. The Morgan fingerprint density at radius 1 is 1.12 bits per heavy atom. The van der Waals surface area contributed by atoms with E-state index in [1.807, 2.05) is 11.8 Å². The molecular weight excluding hydrogens is 330 g/mol. The molecule has 2 amide bonds. The highest BCUT2D eigenvalue weighted by Crippen LogP contribution is 2.32. The molecule has 0 aliphatic carbocycles. The zero-order valence-corrected chi connectivity index (χ0v) is 17.0. The van der Waals surface area contributed by atoms with Crippen molar-refractivity contribution in [2.75, 3.05) is 46.3 Å². The molecule has 2 aliphatic heterocycles. The van der Waals surface area contributed by atoms with Crippen molar-refractivity contribution in [3.05, 3.63) is 0 Å². The van der Waals surface area contributed by atoms with Gasteiger partial charge in [-0.3, -0.25) is 9.69 Å². The molecule has 2 rings (SSSR count). The number of piperidine rings is 2. The van der Waals surface area contributed by atoms with Gasteiger partial charge in [0.1, 0.15) is 12.1 Å². The van der Waals surface area contributed by atoms with Crippen LogP contribution in [0.1, 0.15) is 54.7 Å². The molecule has 6 nitrogen and oxygen atoms in total. The maximum Gasteiger partial charge on any atom is 0.410 e. The van der Waals surface area contributed by atoms with E-state index in [0.29, 0.717) is 6.54 Å². The summed E-state index contributed by atoms with van der Waals surface area (Å²) in [6.07, 6.45) is 4.18. The summed E-state index contributed by atoms with van der Waals surface area (Å²) in [5.74, 6) is 1.53. The Hall–Kier alpha value is -1.30. The van der Waals surface area contributed by atoms with Crippen molar-refractivity contribution in [2.45, 2.75) is 59.0 Å². The fourth-order valence-corrected chi connectivity index (χ4v) is 3.99. The highest BCUT2D eigenvalue weighted by molar-refractivity contribution is 5.82. The van der Waals surface area contributed by atoms with Gasteiger partial charge in [0.05, 0.1) is 0 Å². The fourth-order valence-electron chi connectivity index (χ4n) is 3.99. The second-order valence-corrected chi connectivity index (χ2v) is 8.50. The first-order chi connectivity index (χ1) is 12.8. The minimum absolute atomic E-state index is 0.000642. The van der Waals surface area contributed by atoms with E-state index in [1.54, 1.807) is 13.8 Å². The quantitative estimate of drug-likeness (QED) is 0.766. The Balaban J connectivity index is 1.79. The second kappa shape index (κ2) is 9.07. The van der Waals surface area contributed by atoms with Gasteiger partial charge in [-0.1, -0.05) is 0 Å². The fraction of sp³-hybridized carbons (Fsp3) is 0.900. The van der Waals surface area contributed by atoms with Crippen molar-refractivity contribution < 1.29 is 15.7 Å². The van der Waals surface area contributed by atoms with Crippen LogP contribution < -0.4 is 0 Å². The number of rotatable bonds is 4. The number of carbonyl (C=O) groups excluding carboxylic acids is 2. The van der Waals surface area contributed by atoms with Gasteiger partial charge in [-0.25, -0.2) is 4.79 Å². The van der Waals surface area contributed by atoms with Gasteiger partial charge in [-0.05, 0) is 85.3 Å². The largest absolute Gasteiger partial charge is 0.444 e. The number of hydrogen-bond acceptors (Lipinski definition) is 4. The van der Waals surface area contributed by atoms with Crippen LogP contribution in [-0.4, -0.2) is 78.6 Å². The summed E-state index contributed by atoms with van der Waals surface area (Å²) in [4.78, 5) is 30.7. The zero-order chi connectivity index (χ0) is 20.0. The van der Waals surface area contributed by atoms with Gasteiger partial charge in [-0.15, -0.1) is 0 Å². The predicted octanol–water partition coefficient (Wildman–Crippen LogP) is 2.82. The first-order valence-corrected chi connectivity index (χ1v) is 9.99. The van der Waals surface area contributed by atoms with Crippen LogP contribution in [0.5, 0.6) is 0 Å². The smallest absolute Gasteiger partial charge is 0.410 e. The van der Waals surface area contributed by atoms with Crippen molar-refractivity contribution in [2.24, 2.45) is 11.8 Å². The van der Waals surface area contributed by atoms with E-state index in [2.05, 4.69) is 11.9 Å². The Bertz CT molecular complexity index is 499. The number of carbonyl (C=O) groups is 2. The number of nitrogens with zero attached hydrogens (tertiary/aromatic N) is 3. The second-order valence-electron chi connectivity index (χ2n) is 8.50. The molecule has 2 fully saturated rings. The molecule has 26 heavy (non-hydrogen) atoms. The predicted molar refractivity (Wildman–Crippen MR) is 103 cm³/mol. The molecule has 0 atom stereocenters. The SMILES string of the molecule is [2H]CC(C)(C)OC(=O)N(CC)CC(=O)N1CCC(C2CCN(C)CC2)CC1. The van der Waals surface area contributed by atoms with Crippen LogP contribution in [-0.2, 0) is 9.53 Å². The lowest BCUT2D eigenvalue weighted by Gasteiger charge is -2.39. The molecule has 0 spiro atoms. The molecule has 0 aromatic rings. The minimum atomic E-state index is -0.833. The lowest BCUT2D eigenvalue weighted by molar-refractivity contribution is -0.134. The van der Waals surface area contributed by atoms with Crippen LogP contribution in [0.4, 0.5) is 4.79 Å². The lowest BCUT2D eigenvalue weighted by Crippen LogP contribution is -2.47. The van der Waals surface area contributed by atoms with Crippen LogP contribution in [0.25, 0.3) is 0 Å². The van der Waals surface area contributed by atoms with Gasteiger partial charge in [0.25, 0.3) is 0 Å². The topological polar surface area (TPSA) is 53.1 Å². The minimum Gasteiger partial charge on any atom is -0.444 e. The normalized spacial score (nSPS) is 21.4. The van der Waals surface area contributed by atoms with Gasteiger partial charge in [0.2, 0.25) is 5.91 Å². The Labute approximate surface area is 160 Å². The summed E-state index contributed by atoms with van der Waals surface area (Å²) in [6, 6.07) is 0. The highest BCUT2D eigenvalue weighted by Gasteiger charge is 2.31. The third-order valence-corrected chi connectivity index (χ3v) is 5.65. The first kappa shape index (κ1) is 19.5. The molecule has 0 saturated carbocycles. The Morgan fingerprint density at radius 2 is 1.65 bits per heavy atom. The van der Waals surface area contributed by atoms with E-state index in [1.165, 1.54) is 30.8 Å². The maximum absolute atomic E-state index is 12.7. The zero-order valence-electron chi connectivity index (χ0n) is 18.0. The summed E-state index contributed by atoms with van der Waals surface area (Å²) < 4.78 is 12.8. The molecule has 0 bridgehead atoms. The summed E-state index contributed by atoms with van der Waals surface area (Å²) in [6.45, 7) is 9.69. The molecule has 6 heteroatoms. The van der Waals surface area contributed by atoms with Crippen molar-refractivity contribution in [3.63, 3.8) is 0 Å². The van der Waals surface area contributed by atoms with Gasteiger partial charge in [0, 0.05) is 21.0 Å².